The van der Waals surface area contributed by atoms with Crippen LogP contribution in [0.25, 0.3) is 0 Å². The molecule has 0 heterocycles. The highest BCUT2D eigenvalue weighted by atomic mass is 32.2. The van der Waals surface area contributed by atoms with Crippen molar-refractivity contribution in [3.63, 3.8) is 0 Å². The Morgan fingerprint density at radius 1 is 1.40 bits per heavy atom. The molecule has 0 bridgehead atoms. The van der Waals surface area contributed by atoms with Crippen LogP contribution < -0.4 is 10.0 Å². The van der Waals surface area contributed by atoms with E-state index in [1.165, 1.54) is 25.3 Å². The summed E-state index contributed by atoms with van der Waals surface area (Å²) in [7, 11) is -2.13. The van der Waals surface area contributed by atoms with E-state index in [1.54, 1.807) is 0 Å². The van der Waals surface area contributed by atoms with Crippen molar-refractivity contribution in [1.29, 1.82) is 0 Å². The summed E-state index contributed by atoms with van der Waals surface area (Å²) in [5.74, 6) is -0.394. The summed E-state index contributed by atoms with van der Waals surface area (Å²) in [4.78, 5) is 0.0719. The number of benzene rings is 1. The molecule has 2 N–H and O–H groups in total. The second-order valence-corrected chi connectivity index (χ2v) is 6.57. The Morgan fingerprint density at radius 3 is 2.80 bits per heavy atom. The Labute approximate surface area is 118 Å². The summed E-state index contributed by atoms with van der Waals surface area (Å²) in [5, 5.41) is 3.17. The molecule has 7 heteroatoms. The van der Waals surface area contributed by atoms with Gasteiger partial charge in [-0.05, 0) is 31.0 Å². The lowest BCUT2D eigenvalue weighted by Gasteiger charge is -2.09. The fourth-order valence-electron chi connectivity index (χ4n) is 1.76. The van der Waals surface area contributed by atoms with Crippen LogP contribution in [-0.2, 0) is 21.3 Å². The van der Waals surface area contributed by atoms with Gasteiger partial charge in [0, 0.05) is 31.8 Å². The molecule has 5 nitrogen and oxygen atoms in total. The summed E-state index contributed by atoms with van der Waals surface area (Å²) < 4.78 is 44.9. The molecular weight excluding hydrogens is 283 g/mol. The molecule has 0 spiro atoms. The van der Waals surface area contributed by atoms with Crippen molar-refractivity contribution >= 4 is 10.0 Å². The van der Waals surface area contributed by atoms with Crippen LogP contribution in [0.5, 0.6) is 0 Å². The number of hydrogen-bond acceptors (Lipinski definition) is 4. The maximum atomic E-state index is 13.7. The normalized spacial score (nSPS) is 15.5. The van der Waals surface area contributed by atoms with Crippen molar-refractivity contribution in [2.75, 3.05) is 20.3 Å². The Balaban J connectivity index is 2.08. The molecule has 1 aromatic rings. The quantitative estimate of drug-likeness (QED) is 0.703. The number of nitrogens with one attached hydrogen (secondary N) is 2. The lowest BCUT2D eigenvalue weighted by molar-refractivity contribution is 0.204. The van der Waals surface area contributed by atoms with E-state index >= 15 is 0 Å². The third-order valence-electron chi connectivity index (χ3n) is 3.08. The lowest BCUT2D eigenvalue weighted by atomic mass is 10.2. The smallest absolute Gasteiger partial charge is 0.240 e. The molecule has 0 aromatic heterocycles. The van der Waals surface area contributed by atoms with Gasteiger partial charge in [-0.3, -0.25) is 0 Å². The highest BCUT2D eigenvalue weighted by Crippen LogP contribution is 2.21. The summed E-state index contributed by atoms with van der Waals surface area (Å²) >= 11 is 0. The van der Waals surface area contributed by atoms with Gasteiger partial charge in [0.25, 0.3) is 0 Å². The van der Waals surface area contributed by atoms with Gasteiger partial charge in [-0.2, -0.15) is 0 Å². The summed E-state index contributed by atoms with van der Waals surface area (Å²) in [6.45, 7) is 0.820. The highest BCUT2D eigenvalue weighted by Gasteiger charge is 2.21. The molecule has 0 aliphatic heterocycles. The summed E-state index contributed by atoms with van der Waals surface area (Å²) in [5.41, 5.74) is 0.367. The second-order valence-electron chi connectivity index (χ2n) is 4.80. The van der Waals surface area contributed by atoms with Crippen molar-refractivity contribution in [3.05, 3.63) is 29.6 Å². The highest BCUT2D eigenvalue weighted by molar-refractivity contribution is 7.89. The van der Waals surface area contributed by atoms with E-state index < -0.39 is 15.8 Å². The van der Waals surface area contributed by atoms with Crippen molar-refractivity contribution in [3.8, 4) is 0 Å². The van der Waals surface area contributed by atoms with Crippen LogP contribution in [0.1, 0.15) is 18.4 Å². The minimum absolute atomic E-state index is 0.0719. The first-order valence-electron chi connectivity index (χ1n) is 6.53. The van der Waals surface area contributed by atoms with Crippen molar-refractivity contribution in [1.82, 2.24) is 10.0 Å². The maximum absolute atomic E-state index is 13.7. The monoisotopic (exact) mass is 302 g/mol. The van der Waals surface area contributed by atoms with Gasteiger partial charge in [0.15, 0.2) is 0 Å². The van der Waals surface area contributed by atoms with E-state index in [2.05, 4.69) is 10.0 Å². The van der Waals surface area contributed by atoms with Crippen molar-refractivity contribution in [2.24, 2.45) is 0 Å². The molecule has 1 fully saturated rings. The predicted octanol–water partition coefficient (Wildman–Crippen LogP) is 1.00. The average Bonchev–Trinajstić information content (AvgIpc) is 3.22. The maximum Gasteiger partial charge on any atom is 0.240 e. The first-order valence-corrected chi connectivity index (χ1v) is 8.01. The zero-order valence-electron chi connectivity index (χ0n) is 11.4. The van der Waals surface area contributed by atoms with E-state index in [0.717, 1.165) is 12.8 Å². The van der Waals surface area contributed by atoms with Crippen LogP contribution in [0.4, 0.5) is 4.39 Å². The predicted molar refractivity (Wildman–Crippen MR) is 73.3 cm³/mol. The molecular formula is C13H19FN2O3S. The van der Waals surface area contributed by atoms with Crippen LogP contribution in [-0.4, -0.2) is 34.7 Å². The molecule has 0 unspecified atom stereocenters. The minimum Gasteiger partial charge on any atom is -0.383 e. The van der Waals surface area contributed by atoms with Gasteiger partial charge in [0.05, 0.1) is 11.5 Å². The van der Waals surface area contributed by atoms with Crippen LogP contribution in [0, 0.1) is 5.82 Å². The standard InChI is InChI=1S/C13H19FN2O3S/c1-19-7-6-16-20(17,18)12-4-5-13(14)10(8-12)9-15-11-2-3-11/h4-5,8,11,15-16H,2-3,6-7,9H2,1H3. The van der Waals surface area contributed by atoms with Gasteiger partial charge in [0.1, 0.15) is 5.82 Å². The molecule has 1 aliphatic carbocycles. The first-order chi connectivity index (χ1) is 9.53. The molecule has 2 rings (SSSR count). The SMILES string of the molecule is COCCNS(=O)(=O)c1ccc(F)c(CNC2CC2)c1. The third-order valence-corrected chi connectivity index (χ3v) is 4.54. The van der Waals surface area contributed by atoms with Gasteiger partial charge < -0.3 is 10.1 Å². The molecule has 112 valence electrons. The van der Waals surface area contributed by atoms with E-state index in [4.69, 9.17) is 4.74 Å². The molecule has 0 atom stereocenters. The van der Waals surface area contributed by atoms with Crippen LogP contribution in [0.2, 0.25) is 0 Å². The zero-order valence-corrected chi connectivity index (χ0v) is 12.2. The number of hydrogen-bond donors (Lipinski definition) is 2. The van der Waals surface area contributed by atoms with Crippen LogP contribution >= 0.6 is 0 Å². The Kier molecular flexibility index (Phi) is 5.09. The number of halogens is 1. The van der Waals surface area contributed by atoms with Crippen LogP contribution in [0.3, 0.4) is 0 Å². The number of ether oxygens (including phenoxy) is 1. The number of rotatable bonds is 8. The second kappa shape index (κ2) is 6.62. The minimum atomic E-state index is -3.62. The van der Waals surface area contributed by atoms with E-state index in [0.29, 0.717) is 18.2 Å². The molecule has 20 heavy (non-hydrogen) atoms. The van der Waals surface area contributed by atoms with Gasteiger partial charge >= 0.3 is 0 Å². The third kappa shape index (κ3) is 4.24. The Hall–Kier alpha value is -1.02. The number of sulfonamides is 1. The topological polar surface area (TPSA) is 67.4 Å². The molecule has 0 radical (unpaired) electrons. The van der Waals surface area contributed by atoms with Crippen molar-refractivity contribution in [2.45, 2.75) is 30.3 Å². The van der Waals surface area contributed by atoms with Gasteiger partial charge in [-0.15, -0.1) is 0 Å². The molecule has 1 aliphatic rings. The summed E-state index contributed by atoms with van der Waals surface area (Å²) in [6, 6.07) is 4.27. The molecule has 0 amide bonds. The fourth-order valence-corrected chi connectivity index (χ4v) is 2.82. The Bertz CT molecular complexity index is 559. The lowest BCUT2D eigenvalue weighted by Crippen LogP contribution is -2.27. The molecule has 0 saturated heterocycles. The van der Waals surface area contributed by atoms with E-state index in [9.17, 15) is 12.8 Å². The average molecular weight is 302 g/mol. The molecule has 1 aromatic carbocycles. The van der Waals surface area contributed by atoms with Gasteiger partial charge in [0.2, 0.25) is 10.0 Å². The number of methoxy groups -OCH3 is 1. The van der Waals surface area contributed by atoms with E-state index in [1.807, 2.05) is 0 Å². The van der Waals surface area contributed by atoms with Gasteiger partial charge in [-0.25, -0.2) is 17.5 Å². The fraction of sp³-hybridized carbons (Fsp3) is 0.538. The first kappa shape index (κ1) is 15.4. The van der Waals surface area contributed by atoms with Crippen LogP contribution in [0.15, 0.2) is 23.1 Å². The van der Waals surface area contributed by atoms with E-state index in [-0.39, 0.29) is 18.0 Å². The van der Waals surface area contributed by atoms with Gasteiger partial charge in [-0.1, -0.05) is 0 Å². The zero-order chi connectivity index (χ0) is 14.6. The Morgan fingerprint density at radius 2 is 2.15 bits per heavy atom. The molecule has 1 saturated carbocycles. The largest absolute Gasteiger partial charge is 0.383 e. The summed E-state index contributed by atoms with van der Waals surface area (Å²) in [6.07, 6.45) is 2.19. The van der Waals surface area contributed by atoms with Crippen molar-refractivity contribution < 1.29 is 17.5 Å².